The van der Waals surface area contributed by atoms with Gasteiger partial charge in [0.25, 0.3) is 0 Å². The molecule has 0 radical (unpaired) electrons. The van der Waals surface area contributed by atoms with Gasteiger partial charge in [0, 0.05) is 0 Å². The summed E-state index contributed by atoms with van der Waals surface area (Å²) in [6, 6.07) is 0. The normalized spacial score (nSPS) is 40.4. The van der Waals surface area contributed by atoms with Crippen LogP contribution in [0.3, 0.4) is 0 Å². The van der Waals surface area contributed by atoms with E-state index < -0.39 is 17.2 Å². The van der Waals surface area contributed by atoms with Gasteiger partial charge >= 0.3 is 6.09 Å². The number of hydrogen-bond acceptors (Lipinski definition) is 3. The highest BCUT2D eigenvalue weighted by molar-refractivity contribution is 6.02. The Morgan fingerprint density at radius 3 is 1.75 bits per heavy atom. The summed E-state index contributed by atoms with van der Waals surface area (Å²) in [5, 5.41) is 14.3. The fourth-order valence-electron chi connectivity index (χ4n) is 2.91. The Bertz CT molecular complexity index is 391. The second-order valence-corrected chi connectivity index (χ2v) is 4.55. The van der Waals surface area contributed by atoms with Crippen molar-refractivity contribution in [2.24, 2.45) is 0 Å². The zero-order valence-electron chi connectivity index (χ0n) is 8.45. The molecule has 2 unspecified atom stereocenters. The lowest BCUT2D eigenvalue weighted by Crippen LogP contribution is -2.80. The molecule has 0 aromatic heterocycles. The third kappa shape index (κ3) is 0.751. The van der Waals surface area contributed by atoms with Crippen LogP contribution in [0.1, 0.15) is 12.8 Å². The zero-order chi connectivity index (χ0) is 11.6. The van der Waals surface area contributed by atoms with Crippen LogP contribution < -0.4 is 10.6 Å². The number of carbonyl (C=O) groups is 3. The van der Waals surface area contributed by atoms with Gasteiger partial charge in [0.1, 0.15) is 11.1 Å². The molecule has 3 aliphatic heterocycles. The average Bonchev–Trinajstić information content (AvgIpc) is 2.65. The Kier molecular flexibility index (Phi) is 1.46. The van der Waals surface area contributed by atoms with E-state index in [1.54, 1.807) is 0 Å². The third-order valence-corrected chi connectivity index (χ3v) is 3.93. The first-order valence-electron chi connectivity index (χ1n) is 5.13. The van der Waals surface area contributed by atoms with E-state index in [4.69, 9.17) is 0 Å². The predicted octanol–water partition coefficient (Wildman–Crippen LogP) is -1.50. The second-order valence-electron chi connectivity index (χ2n) is 4.55. The Morgan fingerprint density at radius 1 is 1.12 bits per heavy atom. The minimum absolute atomic E-state index is 0.286. The van der Waals surface area contributed by atoms with Crippen LogP contribution in [0.2, 0.25) is 0 Å². The maximum Gasteiger partial charge on any atom is 0.409 e. The van der Waals surface area contributed by atoms with Gasteiger partial charge in [-0.1, -0.05) is 0 Å². The fourth-order valence-corrected chi connectivity index (χ4v) is 2.91. The van der Waals surface area contributed by atoms with Crippen LogP contribution in [0.15, 0.2) is 0 Å². The molecular formula is C9H11N3O4. The van der Waals surface area contributed by atoms with E-state index in [9.17, 15) is 19.5 Å². The molecule has 2 atom stereocenters. The predicted molar refractivity (Wildman–Crippen MR) is 50.6 cm³/mol. The molecule has 0 bridgehead atoms. The first-order valence-corrected chi connectivity index (χ1v) is 5.13. The van der Waals surface area contributed by atoms with Gasteiger partial charge in [0.05, 0.1) is 13.1 Å². The summed E-state index contributed by atoms with van der Waals surface area (Å²) in [5.41, 5.74) is -1.99. The third-order valence-electron chi connectivity index (χ3n) is 3.93. The summed E-state index contributed by atoms with van der Waals surface area (Å²) in [4.78, 5) is 35.5. The molecule has 3 N–H and O–H groups in total. The molecule has 0 aromatic carbocycles. The van der Waals surface area contributed by atoms with Crippen molar-refractivity contribution in [1.29, 1.82) is 0 Å². The number of carbonyl (C=O) groups excluding carboxylic acids is 2. The van der Waals surface area contributed by atoms with E-state index in [1.807, 2.05) is 0 Å². The Morgan fingerprint density at radius 2 is 1.56 bits per heavy atom. The molecule has 0 aromatic rings. The van der Waals surface area contributed by atoms with Gasteiger partial charge in [-0.05, 0) is 12.8 Å². The van der Waals surface area contributed by atoms with Crippen molar-refractivity contribution >= 4 is 17.9 Å². The molecular weight excluding hydrogens is 214 g/mol. The van der Waals surface area contributed by atoms with Crippen molar-refractivity contribution in [3.05, 3.63) is 0 Å². The standard InChI is InChI=1S/C9H11N3O4/c13-5-8(3-10-5)1-2-9(4-11-6(9)14)12(8)7(15)16/h1-4H2,(H,10,13)(H,11,14)(H,15,16). The van der Waals surface area contributed by atoms with Gasteiger partial charge in [0.15, 0.2) is 0 Å². The van der Waals surface area contributed by atoms with Gasteiger partial charge < -0.3 is 15.7 Å². The topological polar surface area (TPSA) is 98.7 Å². The van der Waals surface area contributed by atoms with Crippen molar-refractivity contribution in [2.75, 3.05) is 13.1 Å². The first-order chi connectivity index (χ1) is 7.53. The Hall–Kier alpha value is -1.79. The molecule has 3 amide bonds. The van der Waals surface area contributed by atoms with Crippen LogP contribution in [0.25, 0.3) is 0 Å². The van der Waals surface area contributed by atoms with Gasteiger partial charge in [-0.25, -0.2) is 4.79 Å². The molecule has 3 saturated heterocycles. The summed E-state index contributed by atoms with van der Waals surface area (Å²) in [7, 11) is 0. The van der Waals surface area contributed by atoms with E-state index in [1.165, 1.54) is 0 Å². The summed E-state index contributed by atoms with van der Waals surface area (Å²) in [6.45, 7) is 0.625. The number of nitrogens with zero attached hydrogens (tertiary/aromatic N) is 1. The number of carboxylic acid groups (broad SMARTS) is 1. The molecule has 0 saturated carbocycles. The number of β-lactam (4-membered cyclic amide) rings is 2. The van der Waals surface area contributed by atoms with Crippen molar-refractivity contribution in [2.45, 2.75) is 23.9 Å². The SMILES string of the molecule is O=C(O)N1C2(CCC13CNC3=O)CNC2=O. The monoisotopic (exact) mass is 225 g/mol. The van der Waals surface area contributed by atoms with E-state index in [-0.39, 0.29) is 11.8 Å². The molecule has 3 rings (SSSR count). The Labute approximate surface area is 90.8 Å². The quantitative estimate of drug-likeness (QED) is 0.437. The van der Waals surface area contributed by atoms with Gasteiger partial charge in [-0.3, -0.25) is 14.5 Å². The lowest BCUT2D eigenvalue weighted by molar-refractivity contribution is -0.151. The highest BCUT2D eigenvalue weighted by atomic mass is 16.4. The van der Waals surface area contributed by atoms with Crippen molar-refractivity contribution in [3.63, 3.8) is 0 Å². The smallest absolute Gasteiger partial charge is 0.409 e. The minimum atomic E-state index is -1.19. The van der Waals surface area contributed by atoms with Crippen molar-refractivity contribution in [1.82, 2.24) is 15.5 Å². The first kappa shape index (κ1) is 9.44. The number of hydrogen-bond donors (Lipinski definition) is 3. The van der Waals surface area contributed by atoms with Crippen LogP contribution in [0.4, 0.5) is 4.79 Å². The van der Waals surface area contributed by atoms with Crippen LogP contribution in [0, 0.1) is 0 Å². The maximum absolute atomic E-state index is 11.6. The number of likely N-dealkylation sites (tertiary alicyclic amines) is 1. The summed E-state index contributed by atoms with van der Waals surface area (Å²) >= 11 is 0. The van der Waals surface area contributed by atoms with Crippen LogP contribution in [-0.2, 0) is 9.59 Å². The Balaban J connectivity index is 2.04. The number of rotatable bonds is 0. The second kappa shape index (κ2) is 2.47. The van der Waals surface area contributed by atoms with Crippen LogP contribution in [0.5, 0.6) is 0 Å². The van der Waals surface area contributed by atoms with Crippen molar-refractivity contribution in [3.8, 4) is 0 Å². The van der Waals surface area contributed by atoms with E-state index in [0.717, 1.165) is 4.90 Å². The molecule has 7 heteroatoms. The van der Waals surface area contributed by atoms with Crippen LogP contribution in [-0.4, -0.2) is 52.1 Å². The maximum atomic E-state index is 11.6. The molecule has 7 nitrogen and oxygen atoms in total. The number of nitrogens with one attached hydrogen (secondary N) is 2. The van der Waals surface area contributed by atoms with E-state index in [2.05, 4.69) is 10.6 Å². The lowest BCUT2D eigenvalue weighted by atomic mass is 9.88. The minimum Gasteiger partial charge on any atom is -0.465 e. The van der Waals surface area contributed by atoms with E-state index in [0.29, 0.717) is 25.9 Å². The molecule has 16 heavy (non-hydrogen) atoms. The summed E-state index contributed by atoms with van der Waals surface area (Å²) < 4.78 is 0. The average molecular weight is 225 g/mol. The highest BCUT2D eigenvalue weighted by Gasteiger charge is 2.69. The molecule has 86 valence electrons. The zero-order valence-corrected chi connectivity index (χ0v) is 8.45. The highest BCUT2D eigenvalue weighted by Crippen LogP contribution is 2.46. The molecule has 3 heterocycles. The van der Waals surface area contributed by atoms with Crippen LogP contribution >= 0.6 is 0 Å². The molecule has 0 aliphatic carbocycles. The van der Waals surface area contributed by atoms with E-state index >= 15 is 0 Å². The van der Waals surface area contributed by atoms with Gasteiger partial charge in [0.2, 0.25) is 11.8 Å². The lowest BCUT2D eigenvalue weighted by Gasteiger charge is -2.50. The summed E-state index contributed by atoms with van der Waals surface area (Å²) in [6.07, 6.45) is -0.334. The number of amides is 3. The summed E-state index contributed by atoms with van der Waals surface area (Å²) in [5.74, 6) is -0.571. The molecule has 2 spiro atoms. The largest absolute Gasteiger partial charge is 0.465 e. The molecule has 3 fully saturated rings. The molecule has 3 aliphatic rings. The fraction of sp³-hybridized carbons (Fsp3) is 0.667. The van der Waals surface area contributed by atoms with Gasteiger partial charge in [-0.15, -0.1) is 0 Å². The van der Waals surface area contributed by atoms with Crippen molar-refractivity contribution < 1.29 is 19.5 Å². The van der Waals surface area contributed by atoms with Gasteiger partial charge in [-0.2, -0.15) is 0 Å².